The first-order valence-electron chi connectivity index (χ1n) is 39.9. The topological polar surface area (TPSA) is 237 Å². The van der Waals surface area contributed by atoms with Gasteiger partial charge in [-0.25, -0.2) is 9.13 Å². The largest absolute Gasteiger partial charge is 0.472 e. The zero-order chi connectivity index (χ0) is 70.9. The maximum absolute atomic E-state index is 13.1. The molecule has 3 N–H and O–H groups in total. The van der Waals surface area contributed by atoms with Crippen LogP contribution in [0.25, 0.3) is 0 Å². The lowest BCUT2D eigenvalue weighted by atomic mass is 9.99. The third-order valence-electron chi connectivity index (χ3n) is 18.6. The van der Waals surface area contributed by atoms with E-state index in [1.165, 1.54) is 205 Å². The van der Waals surface area contributed by atoms with Crippen LogP contribution in [0, 0.1) is 17.8 Å². The average molecular weight is 1410 g/mol. The third-order valence-corrected chi connectivity index (χ3v) is 20.5. The number of esters is 4. The Kier molecular flexibility index (Phi) is 66.2. The Balaban J connectivity index is 5.23. The van der Waals surface area contributed by atoms with Crippen molar-refractivity contribution in [1.82, 2.24) is 0 Å². The van der Waals surface area contributed by atoms with Gasteiger partial charge in [0.2, 0.25) is 0 Å². The van der Waals surface area contributed by atoms with Gasteiger partial charge in [0.1, 0.15) is 19.3 Å². The van der Waals surface area contributed by atoms with Gasteiger partial charge in [-0.1, -0.05) is 344 Å². The number of ether oxygens (including phenoxy) is 4. The molecule has 570 valence electrons. The molecule has 17 nitrogen and oxygen atoms in total. The average Bonchev–Trinajstić information content (AvgIpc) is 2.13. The predicted octanol–water partition coefficient (Wildman–Crippen LogP) is 22.6. The number of carbonyl (C=O) groups is 4. The molecule has 0 aromatic rings. The van der Waals surface area contributed by atoms with E-state index >= 15 is 0 Å². The van der Waals surface area contributed by atoms with Crippen LogP contribution in [0.4, 0.5) is 0 Å². The maximum Gasteiger partial charge on any atom is 0.472 e. The second-order valence-corrected chi connectivity index (χ2v) is 31.6. The van der Waals surface area contributed by atoms with Crippen LogP contribution in [0.3, 0.4) is 0 Å². The summed E-state index contributed by atoms with van der Waals surface area (Å²) >= 11 is 0. The summed E-state index contributed by atoms with van der Waals surface area (Å²) in [5.41, 5.74) is 0. The van der Waals surface area contributed by atoms with Crippen molar-refractivity contribution in [2.45, 2.75) is 414 Å². The second kappa shape index (κ2) is 67.5. The van der Waals surface area contributed by atoms with E-state index in [1.54, 1.807) is 0 Å². The molecule has 0 rings (SSSR count). The summed E-state index contributed by atoms with van der Waals surface area (Å²) in [6.45, 7) is 11.9. The lowest BCUT2D eigenvalue weighted by Gasteiger charge is -2.21. The van der Waals surface area contributed by atoms with Gasteiger partial charge < -0.3 is 33.8 Å². The molecule has 0 saturated heterocycles. The highest BCUT2D eigenvalue weighted by molar-refractivity contribution is 7.47. The van der Waals surface area contributed by atoms with Crippen molar-refractivity contribution in [3.05, 3.63) is 0 Å². The molecule has 0 aromatic carbocycles. The highest BCUT2D eigenvalue weighted by Crippen LogP contribution is 2.45. The first-order valence-corrected chi connectivity index (χ1v) is 42.9. The number of unbranched alkanes of at least 4 members (excludes halogenated alkanes) is 41. The lowest BCUT2D eigenvalue weighted by molar-refractivity contribution is -0.161. The first kappa shape index (κ1) is 94.1. The summed E-state index contributed by atoms with van der Waals surface area (Å²) in [7, 11) is -9.91. The van der Waals surface area contributed by atoms with E-state index in [4.69, 9.17) is 37.0 Å². The van der Waals surface area contributed by atoms with Crippen molar-refractivity contribution in [2.75, 3.05) is 39.6 Å². The summed E-state index contributed by atoms with van der Waals surface area (Å²) in [6.07, 6.45) is 54.1. The van der Waals surface area contributed by atoms with E-state index in [2.05, 4.69) is 48.5 Å². The standard InChI is InChI=1S/C77H150O17P2/c1-8-11-12-13-14-15-16-17-18-19-20-21-22-23-24-25-28-39-46-53-60-76(81)93-72(64-87-74(79)58-51-44-37-29-26-27-34-41-48-55-68(4)5)66-91-95(83,84)89-62-71(78)63-90-96(85,86)92-67-73(94-77(82)61-54-47-40-33-31-36-43-50-57-70(7)10-3)65-88-75(80)59-52-45-38-32-30-35-42-49-56-69(6)9-2/h68-73,78H,8-67H2,1-7H3,(H,83,84)(H,85,86)/t69?,70?,71-,72-,73-/m1/s1. The van der Waals surface area contributed by atoms with E-state index in [1.807, 2.05) is 0 Å². The number of phosphoric acid groups is 2. The van der Waals surface area contributed by atoms with E-state index in [0.29, 0.717) is 25.7 Å². The Bertz CT molecular complexity index is 1870. The number of aliphatic hydroxyl groups excluding tert-OH is 1. The molecule has 0 bridgehead atoms. The van der Waals surface area contributed by atoms with Gasteiger partial charge in [0, 0.05) is 25.7 Å². The third kappa shape index (κ3) is 67.9. The molecular formula is C77H150O17P2. The van der Waals surface area contributed by atoms with Crippen LogP contribution in [-0.4, -0.2) is 96.7 Å². The van der Waals surface area contributed by atoms with Crippen LogP contribution >= 0.6 is 15.6 Å². The summed E-state index contributed by atoms with van der Waals surface area (Å²) in [6, 6.07) is 0. The highest BCUT2D eigenvalue weighted by atomic mass is 31.2. The summed E-state index contributed by atoms with van der Waals surface area (Å²) in [5.74, 6) is 0.171. The molecule has 0 spiro atoms. The maximum atomic E-state index is 13.1. The number of rotatable bonds is 75. The molecule has 0 aliphatic carbocycles. The Hall–Kier alpha value is -1.94. The number of hydrogen-bond donors (Lipinski definition) is 3. The minimum absolute atomic E-state index is 0.104. The molecule has 0 heterocycles. The molecule has 4 unspecified atom stereocenters. The minimum Gasteiger partial charge on any atom is -0.462 e. The zero-order valence-corrected chi connectivity index (χ0v) is 64.6. The van der Waals surface area contributed by atoms with Gasteiger partial charge in [-0.15, -0.1) is 0 Å². The Morgan fingerprint density at radius 2 is 0.531 bits per heavy atom. The van der Waals surface area contributed by atoms with Crippen LogP contribution in [0.2, 0.25) is 0 Å². The summed E-state index contributed by atoms with van der Waals surface area (Å²) < 4.78 is 68.6. The van der Waals surface area contributed by atoms with Crippen LogP contribution in [0.15, 0.2) is 0 Å². The number of carbonyl (C=O) groups excluding carboxylic acids is 4. The Labute approximate surface area is 588 Å². The highest BCUT2D eigenvalue weighted by Gasteiger charge is 2.30. The van der Waals surface area contributed by atoms with Gasteiger partial charge in [0.15, 0.2) is 12.2 Å². The lowest BCUT2D eigenvalue weighted by Crippen LogP contribution is -2.30. The molecule has 0 aliphatic heterocycles. The van der Waals surface area contributed by atoms with E-state index in [9.17, 15) is 43.2 Å². The molecule has 0 radical (unpaired) electrons. The van der Waals surface area contributed by atoms with Gasteiger partial charge in [-0.3, -0.25) is 37.3 Å². The van der Waals surface area contributed by atoms with E-state index in [-0.39, 0.29) is 25.7 Å². The molecule has 0 fully saturated rings. The van der Waals surface area contributed by atoms with Crippen molar-refractivity contribution in [3.8, 4) is 0 Å². The van der Waals surface area contributed by atoms with Crippen LogP contribution in [-0.2, 0) is 65.4 Å². The molecule has 19 heteroatoms. The smallest absolute Gasteiger partial charge is 0.462 e. The van der Waals surface area contributed by atoms with Gasteiger partial charge in [-0.05, 0) is 43.4 Å². The predicted molar refractivity (Wildman–Crippen MR) is 391 cm³/mol. The molecule has 0 aliphatic rings. The molecule has 0 amide bonds. The van der Waals surface area contributed by atoms with Gasteiger partial charge in [-0.2, -0.15) is 0 Å². The number of phosphoric ester groups is 2. The number of hydrogen-bond acceptors (Lipinski definition) is 15. The van der Waals surface area contributed by atoms with Crippen LogP contribution in [0.1, 0.15) is 395 Å². The van der Waals surface area contributed by atoms with E-state index < -0.39 is 97.5 Å². The molecule has 7 atom stereocenters. The molecule has 0 saturated carbocycles. The van der Waals surface area contributed by atoms with Crippen molar-refractivity contribution >= 4 is 39.5 Å². The molecular weight excluding hydrogens is 1260 g/mol. The van der Waals surface area contributed by atoms with Crippen molar-refractivity contribution in [2.24, 2.45) is 17.8 Å². The fourth-order valence-electron chi connectivity index (χ4n) is 11.7. The van der Waals surface area contributed by atoms with E-state index in [0.717, 1.165) is 108 Å². The SMILES string of the molecule is CCCCCCCCCCCCCCCCCCCCCCC(=O)O[C@H](COC(=O)CCCCCCCCCCCC(C)C)COP(=O)(O)OC[C@@H](O)COP(=O)(O)OC[C@@H](COC(=O)CCCCCCCCCCC(C)CC)OC(=O)CCCCCCCCCCC(C)CC. The Morgan fingerprint density at radius 3 is 0.792 bits per heavy atom. The first-order chi connectivity index (χ1) is 46.3. The van der Waals surface area contributed by atoms with Gasteiger partial charge >= 0.3 is 39.5 Å². The van der Waals surface area contributed by atoms with Crippen LogP contribution < -0.4 is 0 Å². The van der Waals surface area contributed by atoms with Crippen molar-refractivity contribution in [3.63, 3.8) is 0 Å². The summed E-state index contributed by atoms with van der Waals surface area (Å²) in [4.78, 5) is 72.8. The molecule has 96 heavy (non-hydrogen) atoms. The van der Waals surface area contributed by atoms with Gasteiger partial charge in [0.25, 0.3) is 0 Å². The fraction of sp³-hybridized carbons (Fsp3) is 0.948. The monoisotopic (exact) mass is 1410 g/mol. The summed E-state index contributed by atoms with van der Waals surface area (Å²) in [5, 5.41) is 10.6. The number of aliphatic hydroxyl groups is 1. The molecule has 0 aromatic heterocycles. The quantitative estimate of drug-likeness (QED) is 0.0222. The van der Waals surface area contributed by atoms with Crippen molar-refractivity contribution in [1.29, 1.82) is 0 Å². The van der Waals surface area contributed by atoms with Gasteiger partial charge in [0.05, 0.1) is 26.4 Å². The second-order valence-electron chi connectivity index (χ2n) is 28.7. The zero-order valence-electron chi connectivity index (χ0n) is 62.8. The van der Waals surface area contributed by atoms with Crippen LogP contribution in [0.5, 0.6) is 0 Å². The fourth-order valence-corrected chi connectivity index (χ4v) is 13.3. The Morgan fingerprint density at radius 1 is 0.302 bits per heavy atom. The normalized spacial score (nSPS) is 14.6. The minimum atomic E-state index is -4.96. The van der Waals surface area contributed by atoms with Crippen molar-refractivity contribution < 1.29 is 80.2 Å².